The number of hydrogen-bond acceptors (Lipinski definition) is 3. The molecule has 0 bridgehead atoms. The third-order valence-corrected chi connectivity index (χ3v) is 2.40. The summed E-state index contributed by atoms with van der Waals surface area (Å²) < 4.78 is 0.391. The molecule has 0 aliphatic heterocycles. The van der Waals surface area contributed by atoms with E-state index < -0.39 is 11.0 Å². The maximum absolute atomic E-state index is 10.6. The van der Waals surface area contributed by atoms with Crippen molar-refractivity contribution < 1.29 is 10.0 Å². The van der Waals surface area contributed by atoms with Crippen molar-refractivity contribution in [1.82, 2.24) is 0 Å². The van der Waals surface area contributed by atoms with E-state index >= 15 is 0 Å². The lowest BCUT2D eigenvalue weighted by Crippen LogP contribution is -1.96. The average Bonchev–Trinajstić information content (AvgIpc) is 2.17. The van der Waals surface area contributed by atoms with E-state index in [0.717, 1.165) is 0 Å². The van der Waals surface area contributed by atoms with Crippen LogP contribution in [-0.2, 0) is 0 Å². The SMILES string of the molecule is C=CC(O)c1ccc(Br)c([N+](=O)[O-])c1. The normalized spacial score (nSPS) is 12.1. The van der Waals surface area contributed by atoms with Crippen molar-refractivity contribution in [2.45, 2.75) is 6.10 Å². The molecule has 0 spiro atoms. The molecule has 0 aromatic heterocycles. The zero-order valence-electron chi connectivity index (χ0n) is 7.18. The fourth-order valence-corrected chi connectivity index (χ4v) is 1.38. The molecule has 1 rings (SSSR count). The number of nitro groups is 1. The topological polar surface area (TPSA) is 63.4 Å². The van der Waals surface area contributed by atoms with E-state index in [2.05, 4.69) is 22.5 Å². The highest BCUT2D eigenvalue weighted by Gasteiger charge is 2.14. The van der Waals surface area contributed by atoms with E-state index in [4.69, 9.17) is 0 Å². The first-order chi connectivity index (χ1) is 6.56. The predicted molar refractivity (Wildman–Crippen MR) is 56.0 cm³/mol. The molecule has 1 aromatic carbocycles. The summed E-state index contributed by atoms with van der Waals surface area (Å²) in [4.78, 5) is 10.0. The highest BCUT2D eigenvalue weighted by Crippen LogP contribution is 2.28. The summed E-state index contributed by atoms with van der Waals surface area (Å²) >= 11 is 3.05. The van der Waals surface area contributed by atoms with Crippen LogP contribution in [0.3, 0.4) is 0 Å². The second-order valence-corrected chi connectivity index (χ2v) is 3.50. The Kier molecular flexibility index (Phi) is 3.38. The molecule has 1 aromatic rings. The minimum absolute atomic E-state index is 0.0663. The summed E-state index contributed by atoms with van der Waals surface area (Å²) in [6.45, 7) is 3.40. The summed E-state index contributed by atoms with van der Waals surface area (Å²) in [6, 6.07) is 4.44. The van der Waals surface area contributed by atoms with E-state index in [1.165, 1.54) is 18.2 Å². The van der Waals surface area contributed by atoms with Crippen LogP contribution in [0.4, 0.5) is 5.69 Å². The Bertz CT molecular complexity index is 378. The van der Waals surface area contributed by atoms with Crippen LogP contribution in [0.1, 0.15) is 11.7 Å². The first-order valence-electron chi connectivity index (χ1n) is 3.80. The fourth-order valence-electron chi connectivity index (χ4n) is 0.990. The summed E-state index contributed by atoms with van der Waals surface area (Å²) in [7, 11) is 0. The van der Waals surface area contributed by atoms with E-state index in [1.54, 1.807) is 6.07 Å². The van der Waals surface area contributed by atoms with Gasteiger partial charge in [0.15, 0.2) is 0 Å². The van der Waals surface area contributed by atoms with Gasteiger partial charge >= 0.3 is 0 Å². The van der Waals surface area contributed by atoms with E-state index in [-0.39, 0.29) is 5.69 Å². The molecule has 1 unspecified atom stereocenters. The molecule has 0 saturated heterocycles. The molecule has 14 heavy (non-hydrogen) atoms. The maximum atomic E-state index is 10.6. The Balaban J connectivity index is 3.19. The van der Waals surface area contributed by atoms with Crippen molar-refractivity contribution in [1.29, 1.82) is 0 Å². The maximum Gasteiger partial charge on any atom is 0.283 e. The molecule has 0 saturated carbocycles. The molecule has 0 fully saturated rings. The summed E-state index contributed by atoms with van der Waals surface area (Å²) in [5, 5.41) is 19.9. The van der Waals surface area contributed by atoms with Crippen LogP contribution in [0.25, 0.3) is 0 Å². The molecular weight excluding hydrogens is 250 g/mol. The van der Waals surface area contributed by atoms with Crippen molar-refractivity contribution in [2.24, 2.45) is 0 Å². The Morgan fingerprint density at radius 2 is 2.29 bits per heavy atom. The van der Waals surface area contributed by atoms with Crippen molar-refractivity contribution in [3.63, 3.8) is 0 Å². The van der Waals surface area contributed by atoms with E-state index in [1.807, 2.05) is 0 Å². The van der Waals surface area contributed by atoms with Crippen LogP contribution in [0, 0.1) is 10.1 Å². The Morgan fingerprint density at radius 1 is 1.64 bits per heavy atom. The van der Waals surface area contributed by atoms with Crippen molar-refractivity contribution in [3.05, 3.63) is 51.0 Å². The molecule has 4 nitrogen and oxygen atoms in total. The lowest BCUT2D eigenvalue weighted by Gasteiger charge is -2.05. The minimum atomic E-state index is -0.873. The number of rotatable bonds is 3. The Hall–Kier alpha value is -1.20. The Labute approximate surface area is 89.2 Å². The minimum Gasteiger partial charge on any atom is -0.384 e. The van der Waals surface area contributed by atoms with E-state index in [0.29, 0.717) is 10.0 Å². The van der Waals surface area contributed by atoms with Crippen LogP contribution in [0.2, 0.25) is 0 Å². The smallest absolute Gasteiger partial charge is 0.283 e. The number of aliphatic hydroxyl groups is 1. The van der Waals surface area contributed by atoms with Gasteiger partial charge in [0.05, 0.1) is 15.5 Å². The van der Waals surface area contributed by atoms with Gasteiger partial charge in [-0.05, 0) is 27.6 Å². The van der Waals surface area contributed by atoms with Gasteiger partial charge in [-0.3, -0.25) is 10.1 Å². The lowest BCUT2D eigenvalue weighted by molar-refractivity contribution is -0.385. The summed E-state index contributed by atoms with van der Waals surface area (Å²) in [5.74, 6) is 0. The van der Waals surface area contributed by atoms with Gasteiger partial charge in [-0.1, -0.05) is 12.1 Å². The van der Waals surface area contributed by atoms with Crippen LogP contribution < -0.4 is 0 Å². The van der Waals surface area contributed by atoms with Crippen LogP contribution in [0.15, 0.2) is 35.3 Å². The van der Waals surface area contributed by atoms with Gasteiger partial charge in [0.1, 0.15) is 0 Å². The molecule has 5 heteroatoms. The van der Waals surface area contributed by atoms with Crippen molar-refractivity contribution in [2.75, 3.05) is 0 Å². The number of nitrogens with zero attached hydrogens (tertiary/aromatic N) is 1. The number of benzene rings is 1. The van der Waals surface area contributed by atoms with Gasteiger partial charge in [-0.15, -0.1) is 6.58 Å². The Morgan fingerprint density at radius 3 is 2.79 bits per heavy atom. The van der Waals surface area contributed by atoms with Crippen molar-refractivity contribution in [3.8, 4) is 0 Å². The number of aliphatic hydroxyl groups excluding tert-OH is 1. The zero-order valence-corrected chi connectivity index (χ0v) is 8.77. The van der Waals surface area contributed by atoms with Crippen molar-refractivity contribution >= 4 is 21.6 Å². The van der Waals surface area contributed by atoms with Gasteiger partial charge in [0, 0.05) is 6.07 Å². The van der Waals surface area contributed by atoms with Gasteiger partial charge in [0.25, 0.3) is 5.69 Å². The predicted octanol–water partition coefficient (Wildman–Crippen LogP) is 2.58. The molecule has 0 radical (unpaired) electrons. The lowest BCUT2D eigenvalue weighted by atomic mass is 10.1. The molecule has 0 heterocycles. The first-order valence-corrected chi connectivity index (χ1v) is 4.60. The number of halogens is 1. The zero-order chi connectivity index (χ0) is 10.7. The first kappa shape index (κ1) is 10.9. The quantitative estimate of drug-likeness (QED) is 0.514. The molecule has 74 valence electrons. The fraction of sp³-hybridized carbons (Fsp3) is 0.111. The highest BCUT2D eigenvalue weighted by atomic mass is 79.9. The van der Waals surface area contributed by atoms with E-state index in [9.17, 15) is 15.2 Å². The highest BCUT2D eigenvalue weighted by molar-refractivity contribution is 9.10. The second-order valence-electron chi connectivity index (χ2n) is 2.65. The largest absolute Gasteiger partial charge is 0.384 e. The second kappa shape index (κ2) is 4.34. The summed E-state index contributed by atoms with van der Waals surface area (Å²) in [5.41, 5.74) is 0.387. The molecular formula is C9H8BrNO3. The molecule has 0 aliphatic carbocycles. The number of hydrogen-bond donors (Lipinski definition) is 1. The number of nitro benzene ring substituents is 1. The van der Waals surface area contributed by atoms with Crippen LogP contribution >= 0.6 is 15.9 Å². The third-order valence-electron chi connectivity index (χ3n) is 1.73. The molecule has 1 atom stereocenters. The standard InChI is InChI=1S/C9H8BrNO3/c1-2-9(12)6-3-4-7(10)8(5-6)11(13)14/h2-5,9,12H,1H2. The van der Waals surface area contributed by atoms with Crippen LogP contribution in [-0.4, -0.2) is 10.0 Å². The summed E-state index contributed by atoms with van der Waals surface area (Å²) in [6.07, 6.45) is 0.439. The average molecular weight is 258 g/mol. The van der Waals surface area contributed by atoms with Gasteiger partial charge in [-0.25, -0.2) is 0 Å². The monoisotopic (exact) mass is 257 g/mol. The molecule has 0 amide bonds. The van der Waals surface area contributed by atoms with Gasteiger partial charge in [-0.2, -0.15) is 0 Å². The molecule has 0 aliphatic rings. The molecule has 1 N–H and O–H groups in total. The van der Waals surface area contributed by atoms with Gasteiger partial charge in [0.2, 0.25) is 0 Å². The van der Waals surface area contributed by atoms with Crippen LogP contribution in [0.5, 0.6) is 0 Å². The van der Waals surface area contributed by atoms with Gasteiger partial charge < -0.3 is 5.11 Å². The third kappa shape index (κ3) is 2.18.